The maximum atomic E-state index is 4.58. The lowest BCUT2D eigenvalue weighted by atomic mass is 9.94. The van der Waals surface area contributed by atoms with Gasteiger partial charge in [0.2, 0.25) is 0 Å². The van der Waals surface area contributed by atoms with Crippen LogP contribution in [0.5, 0.6) is 0 Å². The summed E-state index contributed by atoms with van der Waals surface area (Å²) in [5.41, 5.74) is 2.75. The highest BCUT2D eigenvalue weighted by Crippen LogP contribution is 2.28. The van der Waals surface area contributed by atoms with Gasteiger partial charge in [-0.2, -0.15) is 0 Å². The molecule has 0 fully saturated rings. The van der Waals surface area contributed by atoms with Crippen molar-refractivity contribution in [3.63, 3.8) is 0 Å². The van der Waals surface area contributed by atoms with Crippen molar-refractivity contribution in [2.24, 2.45) is 4.99 Å². The second kappa shape index (κ2) is 4.92. The number of hydrogen-bond donors (Lipinski definition) is 0. The molecule has 0 saturated heterocycles. The average molecular weight is 199 g/mol. The monoisotopic (exact) mass is 199 g/mol. The summed E-state index contributed by atoms with van der Waals surface area (Å²) >= 11 is 0. The van der Waals surface area contributed by atoms with Gasteiger partial charge in [0.25, 0.3) is 0 Å². The molecule has 15 heavy (non-hydrogen) atoms. The fraction of sp³-hybridized carbons (Fsp3) is 0.357. The predicted octanol–water partition coefficient (Wildman–Crippen LogP) is 3.71. The molecule has 1 aliphatic heterocycles. The molecule has 1 heteroatoms. The first kappa shape index (κ1) is 10.2. The summed E-state index contributed by atoms with van der Waals surface area (Å²) < 4.78 is 0. The Kier molecular flexibility index (Phi) is 3.33. The highest BCUT2D eigenvalue weighted by Gasteiger charge is 2.14. The van der Waals surface area contributed by atoms with Gasteiger partial charge in [-0.05, 0) is 43.0 Å². The zero-order chi connectivity index (χ0) is 10.5. The van der Waals surface area contributed by atoms with Gasteiger partial charge < -0.3 is 0 Å². The first-order valence-corrected chi connectivity index (χ1v) is 5.62. The van der Waals surface area contributed by atoms with Crippen LogP contribution in [0, 0.1) is 0 Å². The Morgan fingerprint density at radius 3 is 3.00 bits per heavy atom. The molecule has 0 saturated carbocycles. The molecule has 1 aromatic rings. The molecule has 1 heterocycles. The highest BCUT2D eigenvalue weighted by atomic mass is 14.8. The van der Waals surface area contributed by atoms with E-state index in [-0.39, 0.29) is 0 Å². The van der Waals surface area contributed by atoms with Crippen molar-refractivity contribution in [1.82, 2.24) is 0 Å². The predicted molar refractivity (Wildman–Crippen MR) is 65.4 cm³/mol. The summed E-state index contributed by atoms with van der Waals surface area (Å²) in [6, 6.07) is 8.96. The number of hydrogen-bond acceptors (Lipinski definition) is 1. The molecule has 1 atom stereocenters. The Balaban J connectivity index is 2.28. The van der Waals surface area contributed by atoms with Gasteiger partial charge in [0, 0.05) is 0 Å². The number of benzene rings is 1. The van der Waals surface area contributed by atoms with Gasteiger partial charge in [0.1, 0.15) is 0 Å². The van der Waals surface area contributed by atoms with Crippen molar-refractivity contribution in [2.45, 2.75) is 31.7 Å². The van der Waals surface area contributed by atoms with Gasteiger partial charge in [-0.25, -0.2) is 0 Å². The zero-order valence-electron chi connectivity index (χ0n) is 9.02. The van der Waals surface area contributed by atoms with Crippen LogP contribution >= 0.6 is 0 Å². The third kappa shape index (κ3) is 2.35. The Morgan fingerprint density at radius 1 is 1.40 bits per heavy atom. The molecule has 1 aliphatic rings. The van der Waals surface area contributed by atoms with Crippen LogP contribution < -0.4 is 0 Å². The third-order valence-corrected chi connectivity index (χ3v) is 2.87. The van der Waals surface area contributed by atoms with Crippen molar-refractivity contribution >= 4 is 6.21 Å². The summed E-state index contributed by atoms with van der Waals surface area (Å²) in [4.78, 5) is 4.58. The van der Waals surface area contributed by atoms with Crippen LogP contribution in [0.2, 0.25) is 0 Å². The molecule has 1 unspecified atom stereocenters. The largest absolute Gasteiger partial charge is 0.289 e. The van der Waals surface area contributed by atoms with Gasteiger partial charge in [0.15, 0.2) is 0 Å². The number of aliphatic imine (C=N–C) groups is 1. The van der Waals surface area contributed by atoms with Crippen molar-refractivity contribution in [3.8, 4) is 0 Å². The molecule has 0 aromatic heterocycles. The fourth-order valence-corrected chi connectivity index (χ4v) is 2.12. The third-order valence-electron chi connectivity index (χ3n) is 2.87. The molecule has 0 bridgehead atoms. The van der Waals surface area contributed by atoms with E-state index in [0.29, 0.717) is 6.04 Å². The van der Waals surface area contributed by atoms with Crippen LogP contribution in [0.4, 0.5) is 0 Å². The van der Waals surface area contributed by atoms with Gasteiger partial charge >= 0.3 is 0 Å². The first-order valence-electron chi connectivity index (χ1n) is 5.62. The average Bonchev–Trinajstić information content (AvgIpc) is 2.31. The minimum atomic E-state index is 0.384. The van der Waals surface area contributed by atoms with Crippen LogP contribution in [0.1, 0.15) is 36.4 Å². The van der Waals surface area contributed by atoms with E-state index in [2.05, 4.69) is 42.1 Å². The second-order valence-electron chi connectivity index (χ2n) is 3.97. The summed E-state index contributed by atoms with van der Waals surface area (Å²) in [5, 5.41) is 0. The van der Waals surface area contributed by atoms with E-state index in [9.17, 15) is 0 Å². The summed E-state index contributed by atoms with van der Waals surface area (Å²) in [6.07, 6.45) is 8.56. The number of rotatable bonds is 3. The van der Waals surface area contributed by atoms with E-state index in [1.165, 1.54) is 24.0 Å². The van der Waals surface area contributed by atoms with Gasteiger partial charge in [0.05, 0.1) is 6.04 Å². The molecule has 1 aromatic carbocycles. The number of nitrogens with zero attached hydrogens (tertiary/aromatic N) is 1. The first-order chi connectivity index (χ1) is 7.42. The van der Waals surface area contributed by atoms with Crippen molar-refractivity contribution in [2.75, 3.05) is 0 Å². The van der Waals surface area contributed by atoms with Crippen molar-refractivity contribution in [3.05, 3.63) is 48.0 Å². The van der Waals surface area contributed by atoms with Crippen LogP contribution in [0.25, 0.3) is 0 Å². The molecule has 1 nitrogen and oxygen atoms in total. The molecule has 0 amide bonds. The highest BCUT2D eigenvalue weighted by molar-refractivity contribution is 5.59. The molecule has 0 aliphatic carbocycles. The van der Waals surface area contributed by atoms with E-state index >= 15 is 0 Å². The van der Waals surface area contributed by atoms with Crippen LogP contribution in [-0.4, -0.2) is 6.21 Å². The zero-order valence-corrected chi connectivity index (χ0v) is 9.02. The van der Waals surface area contributed by atoms with Crippen LogP contribution in [-0.2, 0) is 6.42 Å². The standard InChI is InChI=1S/C14H17N/c1-2-7-12-8-3-4-9-13(12)14-10-5-6-11-15-14/h2-4,8-9,11,14H,1,5-7,10H2. The van der Waals surface area contributed by atoms with Crippen molar-refractivity contribution in [1.29, 1.82) is 0 Å². The Bertz CT molecular complexity index is 365. The Hall–Kier alpha value is -1.37. The van der Waals surface area contributed by atoms with E-state index < -0.39 is 0 Å². The molecule has 78 valence electrons. The summed E-state index contributed by atoms with van der Waals surface area (Å²) in [7, 11) is 0. The normalized spacial score (nSPS) is 20.1. The van der Waals surface area contributed by atoms with E-state index in [4.69, 9.17) is 0 Å². The second-order valence-corrected chi connectivity index (χ2v) is 3.97. The fourth-order valence-electron chi connectivity index (χ4n) is 2.12. The minimum Gasteiger partial charge on any atom is -0.289 e. The molecular weight excluding hydrogens is 182 g/mol. The SMILES string of the molecule is C=CCc1ccccc1C1CCCC=N1. The van der Waals surface area contributed by atoms with Gasteiger partial charge in [-0.15, -0.1) is 6.58 Å². The van der Waals surface area contributed by atoms with E-state index in [0.717, 1.165) is 12.8 Å². The van der Waals surface area contributed by atoms with Gasteiger partial charge in [-0.3, -0.25) is 4.99 Å². The topological polar surface area (TPSA) is 12.4 Å². The lowest BCUT2D eigenvalue weighted by Gasteiger charge is -2.18. The Labute approximate surface area is 91.6 Å². The number of allylic oxidation sites excluding steroid dienone is 1. The van der Waals surface area contributed by atoms with Crippen LogP contribution in [0.15, 0.2) is 41.9 Å². The van der Waals surface area contributed by atoms with E-state index in [1.54, 1.807) is 0 Å². The lowest BCUT2D eigenvalue weighted by Crippen LogP contribution is -2.04. The molecular formula is C14H17N. The molecule has 2 rings (SSSR count). The summed E-state index contributed by atoms with van der Waals surface area (Å²) in [5.74, 6) is 0. The lowest BCUT2D eigenvalue weighted by molar-refractivity contribution is 0.600. The quantitative estimate of drug-likeness (QED) is 0.658. The van der Waals surface area contributed by atoms with Crippen LogP contribution in [0.3, 0.4) is 0 Å². The van der Waals surface area contributed by atoms with E-state index in [1.807, 2.05) is 6.08 Å². The smallest absolute Gasteiger partial charge is 0.0748 e. The Morgan fingerprint density at radius 2 is 2.27 bits per heavy atom. The molecule has 0 N–H and O–H groups in total. The molecule has 0 radical (unpaired) electrons. The molecule has 0 spiro atoms. The maximum absolute atomic E-state index is 4.58. The maximum Gasteiger partial charge on any atom is 0.0748 e. The van der Waals surface area contributed by atoms with Gasteiger partial charge in [-0.1, -0.05) is 30.3 Å². The minimum absolute atomic E-state index is 0.384. The summed E-state index contributed by atoms with van der Waals surface area (Å²) in [6.45, 7) is 3.80. The van der Waals surface area contributed by atoms with Crippen molar-refractivity contribution < 1.29 is 0 Å².